The van der Waals surface area contributed by atoms with E-state index in [9.17, 15) is 4.79 Å². The molecule has 1 aromatic carbocycles. The third-order valence-electron chi connectivity index (χ3n) is 6.50. The van der Waals surface area contributed by atoms with Crippen LogP contribution in [0.3, 0.4) is 0 Å². The van der Waals surface area contributed by atoms with Crippen molar-refractivity contribution in [1.82, 2.24) is 25.0 Å². The van der Waals surface area contributed by atoms with Crippen molar-refractivity contribution in [2.75, 3.05) is 44.2 Å². The summed E-state index contributed by atoms with van der Waals surface area (Å²) in [7, 11) is 0. The van der Waals surface area contributed by atoms with Gasteiger partial charge in [0.05, 0.1) is 23.4 Å². The van der Waals surface area contributed by atoms with Crippen LogP contribution in [0.1, 0.15) is 36.7 Å². The number of carbonyl (C=O) groups is 1. The molecule has 4 aromatic rings. The van der Waals surface area contributed by atoms with Gasteiger partial charge in [0.25, 0.3) is 5.91 Å². The number of benzene rings is 1. The number of fused-ring (bicyclic) bond motifs is 1. The Hall–Kier alpha value is -3.65. The quantitative estimate of drug-likeness (QED) is 0.387. The second-order valence-corrected chi connectivity index (χ2v) is 9.23. The normalized spacial score (nSPS) is 14.7. The zero-order chi connectivity index (χ0) is 24.2. The molecule has 4 heterocycles. The van der Waals surface area contributed by atoms with E-state index in [4.69, 9.17) is 9.40 Å². The van der Waals surface area contributed by atoms with Crippen LogP contribution in [-0.4, -0.2) is 64.8 Å². The number of nitrogens with zero attached hydrogens (tertiary/aromatic N) is 5. The minimum Gasteiger partial charge on any atom is -0.463 e. The predicted molar refractivity (Wildman–Crippen MR) is 138 cm³/mol. The zero-order valence-corrected chi connectivity index (χ0v) is 20.4. The largest absolute Gasteiger partial charge is 0.463 e. The van der Waals surface area contributed by atoms with Crippen molar-refractivity contribution < 1.29 is 9.21 Å². The Labute approximate surface area is 205 Å². The van der Waals surface area contributed by atoms with Gasteiger partial charge in [-0.2, -0.15) is 5.10 Å². The molecule has 35 heavy (non-hydrogen) atoms. The van der Waals surface area contributed by atoms with Crippen LogP contribution in [0.25, 0.3) is 22.5 Å². The van der Waals surface area contributed by atoms with Crippen molar-refractivity contribution in [3.05, 3.63) is 66.6 Å². The molecule has 3 aromatic heterocycles. The summed E-state index contributed by atoms with van der Waals surface area (Å²) in [6.07, 6.45) is 4.25. The lowest BCUT2D eigenvalue weighted by atomic mass is 10.1. The summed E-state index contributed by atoms with van der Waals surface area (Å²) in [4.78, 5) is 22.8. The molecule has 1 saturated heterocycles. The molecule has 182 valence electrons. The van der Waals surface area contributed by atoms with Crippen LogP contribution in [0.2, 0.25) is 0 Å². The Balaban J connectivity index is 1.19. The van der Waals surface area contributed by atoms with Gasteiger partial charge in [-0.3, -0.25) is 9.69 Å². The summed E-state index contributed by atoms with van der Waals surface area (Å²) < 4.78 is 7.39. The van der Waals surface area contributed by atoms with E-state index < -0.39 is 0 Å². The van der Waals surface area contributed by atoms with Crippen molar-refractivity contribution in [1.29, 1.82) is 0 Å². The number of pyridine rings is 1. The minimum atomic E-state index is -0.109. The van der Waals surface area contributed by atoms with Gasteiger partial charge in [0.15, 0.2) is 11.4 Å². The van der Waals surface area contributed by atoms with E-state index in [0.29, 0.717) is 29.2 Å². The maximum Gasteiger partial charge on any atom is 0.252 e. The van der Waals surface area contributed by atoms with Crippen LogP contribution in [-0.2, 0) is 0 Å². The molecule has 0 saturated carbocycles. The molecule has 8 heteroatoms. The number of amides is 1. The second kappa shape index (κ2) is 10.3. The molecule has 0 unspecified atom stereocenters. The van der Waals surface area contributed by atoms with E-state index in [-0.39, 0.29) is 11.9 Å². The van der Waals surface area contributed by atoms with Gasteiger partial charge in [0.2, 0.25) is 0 Å². The van der Waals surface area contributed by atoms with Gasteiger partial charge in [-0.05, 0) is 57.1 Å². The van der Waals surface area contributed by atoms with E-state index in [0.717, 1.165) is 44.5 Å². The van der Waals surface area contributed by atoms with Crippen molar-refractivity contribution in [2.24, 2.45) is 0 Å². The van der Waals surface area contributed by atoms with Gasteiger partial charge in [-0.15, -0.1) is 0 Å². The third-order valence-corrected chi connectivity index (χ3v) is 6.50. The topological polar surface area (TPSA) is 79.4 Å². The molecule has 0 bridgehead atoms. The Kier molecular flexibility index (Phi) is 6.81. The minimum absolute atomic E-state index is 0.109. The van der Waals surface area contributed by atoms with E-state index in [1.165, 1.54) is 5.69 Å². The second-order valence-electron chi connectivity index (χ2n) is 9.23. The maximum atomic E-state index is 13.2. The fourth-order valence-corrected chi connectivity index (χ4v) is 4.60. The smallest absolute Gasteiger partial charge is 0.252 e. The van der Waals surface area contributed by atoms with Gasteiger partial charge >= 0.3 is 0 Å². The van der Waals surface area contributed by atoms with Crippen molar-refractivity contribution in [2.45, 2.75) is 26.3 Å². The standard InChI is InChI=1S/C27H32N6O2/c1-20(2)33-26-23(19-29-33)22(18-24(30-26)25-10-6-17-35-25)27(34)28-11-7-12-31-13-15-32(16-14-31)21-8-4-3-5-9-21/h3-6,8-10,17-20H,7,11-16H2,1-2H3,(H,28,34). The summed E-state index contributed by atoms with van der Waals surface area (Å²) in [6, 6.07) is 16.2. The molecule has 5 rings (SSSR count). The molecule has 0 spiro atoms. The highest BCUT2D eigenvalue weighted by Crippen LogP contribution is 2.26. The highest BCUT2D eigenvalue weighted by Gasteiger charge is 2.20. The molecule has 1 fully saturated rings. The first kappa shape index (κ1) is 23.1. The van der Waals surface area contributed by atoms with E-state index in [1.807, 2.05) is 30.7 Å². The Morgan fingerprint density at radius 1 is 1.09 bits per heavy atom. The summed E-state index contributed by atoms with van der Waals surface area (Å²) in [6.45, 7) is 9.82. The van der Waals surface area contributed by atoms with Crippen LogP contribution in [0, 0.1) is 0 Å². The number of hydrogen-bond acceptors (Lipinski definition) is 6. The molecule has 0 radical (unpaired) electrons. The van der Waals surface area contributed by atoms with Gasteiger partial charge in [-0.25, -0.2) is 9.67 Å². The molecular weight excluding hydrogens is 440 g/mol. The summed E-state index contributed by atoms with van der Waals surface area (Å²) in [5.74, 6) is 0.523. The van der Waals surface area contributed by atoms with Gasteiger partial charge < -0.3 is 14.6 Å². The number of carbonyl (C=O) groups excluding carboxylic acids is 1. The first-order valence-electron chi connectivity index (χ1n) is 12.3. The SMILES string of the molecule is CC(C)n1ncc2c(C(=O)NCCCN3CCN(c4ccccc4)CC3)cc(-c3ccco3)nc21. The third kappa shape index (κ3) is 5.07. The number of para-hydroxylation sites is 1. The molecule has 8 nitrogen and oxygen atoms in total. The number of hydrogen-bond donors (Lipinski definition) is 1. The zero-order valence-electron chi connectivity index (χ0n) is 20.4. The van der Waals surface area contributed by atoms with E-state index >= 15 is 0 Å². The Morgan fingerprint density at radius 3 is 2.60 bits per heavy atom. The first-order valence-corrected chi connectivity index (χ1v) is 12.3. The number of furan rings is 1. The van der Waals surface area contributed by atoms with Crippen LogP contribution in [0.4, 0.5) is 5.69 Å². The average molecular weight is 473 g/mol. The summed E-state index contributed by atoms with van der Waals surface area (Å²) >= 11 is 0. The monoisotopic (exact) mass is 472 g/mol. The van der Waals surface area contributed by atoms with Crippen molar-refractivity contribution in [3.63, 3.8) is 0 Å². The highest BCUT2D eigenvalue weighted by molar-refractivity contribution is 6.06. The van der Waals surface area contributed by atoms with Gasteiger partial charge in [0, 0.05) is 44.5 Å². The number of aromatic nitrogens is 3. The van der Waals surface area contributed by atoms with Crippen LogP contribution in [0.15, 0.2) is 65.4 Å². The molecular formula is C27H32N6O2. The molecule has 0 atom stereocenters. The average Bonchev–Trinajstić information content (AvgIpc) is 3.57. The molecule has 1 aliphatic rings. The molecule has 0 aliphatic carbocycles. The fourth-order valence-electron chi connectivity index (χ4n) is 4.60. The Bertz CT molecular complexity index is 1260. The van der Waals surface area contributed by atoms with Gasteiger partial charge in [0.1, 0.15) is 5.69 Å². The Morgan fingerprint density at radius 2 is 1.89 bits per heavy atom. The van der Waals surface area contributed by atoms with E-state index in [1.54, 1.807) is 18.5 Å². The first-order chi connectivity index (χ1) is 17.1. The number of piperazine rings is 1. The maximum absolute atomic E-state index is 13.2. The van der Waals surface area contributed by atoms with Gasteiger partial charge in [-0.1, -0.05) is 18.2 Å². The lowest BCUT2D eigenvalue weighted by molar-refractivity contribution is 0.0953. The molecule has 1 N–H and O–H groups in total. The lowest BCUT2D eigenvalue weighted by Crippen LogP contribution is -2.47. The highest BCUT2D eigenvalue weighted by atomic mass is 16.3. The molecule has 1 aliphatic heterocycles. The van der Waals surface area contributed by atoms with Crippen LogP contribution < -0.4 is 10.2 Å². The van der Waals surface area contributed by atoms with Crippen molar-refractivity contribution in [3.8, 4) is 11.5 Å². The predicted octanol–water partition coefficient (Wildman–Crippen LogP) is 4.21. The number of rotatable bonds is 8. The lowest BCUT2D eigenvalue weighted by Gasteiger charge is -2.36. The summed E-state index contributed by atoms with van der Waals surface area (Å²) in [5, 5.41) is 8.34. The van der Waals surface area contributed by atoms with Crippen LogP contribution in [0.5, 0.6) is 0 Å². The number of anilines is 1. The van der Waals surface area contributed by atoms with E-state index in [2.05, 4.69) is 50.5 Å². The van der Waals surface area contributed by atoms with Crippen LogP contribution >= 0.6 is 0 Å². The number of nitrogens with one attached hydrogen (secondary N) is 1. The fraction of sp³-hybridized carbons (Fsp3) is 0.370. The molecule has 1 amide bonds. The van der Waals surface area contributed by atoms with Crippen molar-refractivity contribution >= 4 is 22.6 Å². The summed E-state index contributed by atoms with van der Waals surface area (Å²) in [5.41, 5.74) is 3.18.